The third-order valence-electron chi connectivity index (χ3n) is 6.23. The quantitative estimate of drug-likeness (QED) is 0.196. The van der Waals surface area contributed by atoms with Gasteiger partial charge in [0.25, 0.3) is 0 Å². The Kier molecular flexibility index (Phi) is 9.66. The molecule has 1 N–H and O–H groups in total. The summed E-state index contributed by atoms with van der Waals surface area (Å²) in [6, 6.07) is 26.7. The number of amides is 1. The van der Waals surface area contributed by atoms with Crippen LogP contribution in [-0.4, -0.2) is 37.0 Å². The van der Waals surface area contributed by atoms with Crippen molar-refractivity contribution in [1.29, 1.82) is 5.26 Å². The molecule has 4 aromatic rings. The molecule has 1 atom stereocenters. The van der Waals surface area contributed by atoms with Crippen LogP contribution in [0, 0.1) is 11.3 Å². The first-order chi connectivity index (χ1) is 19.5. The number of ether oxygens (including phenoxy) is 3. The fourth-order valence-corrected chi connectivity index (χ4v) is 5.26. The Bertz CT molecular complexity index is 1520. The highest BCUT2D eigenvalue weighted by atomic mass is 32.2. The second-order valence-electron chi connectivity index (χ2n) is 8.71. The van der Waals surface area contributed by atoms with E-state index in [0.717, 1.165) is 5.56 Å². The molecule has 0 aliphatic rings. The van der Waals surface area contributed by atoms with E-state index >= 15 is 0 Å². The number of carbonyl (C=O) groups excluding carboxylic acids is 1. The highest BCUT2D eigenvalue weighted by molar-refractivity contribution is 8.00. The zero-order valence-corrected chi connectivity index (χ0v) is 23.7. The van der Waals surface area contributed by atoms with Gasteiger partial charge in [-0.15, -0.1) is 0 Å². The van der Waals surface area contributed by atoms with Crippen LogP contribution in [-0.2, 0) is 4.79 Å². The first-order valence-electron chi connectivity index (χ1n) is 12.9. The summed E-state index contributed by atoms with van der Waals surface area (Å²) >= 11 is 1.27. The smallest absolute Gasteiger partial charge is 0.238 e. The average Bonchev–Trinajstić information content (AvgIpc) is 3.00. The van der Waals surface area contributed by atoms with Crippen molar-refractivity contribution in [2.75, 3.05) is 26.1 Å². The second-order valence-corrected chi connectivity index (χ2v) is 9.90. The SMILES string of the molecule is CCOc1ccccc1NC(=O)C(CC)Sc1nc(-c2ccccc2)cc(-c2cc(OC)ccc2OC)c1C#N. The molecule has 1 aromatic heterocycles. The summed E-state index contributed by atoms with van der Waals surface area (Å²) < 4.78 is 16.8. The number of methoxy groups -OCH3 is 2. The highest BCUT2D eigenvalue weighted by Gasteiger charge is 2.25. The number of aromatic nitrogens is 1. The van der Waals surface area contributed by atoms with Crippen LogP contribution in [0.15, 0.2) is 83.9 Å². The van der Waals surface area contributed by atoms with Gasteiger partial charge in [-0.25, -0.2) is 4.98 Å². The Hall–Kier alpha value is -4.48. The van der Waals surface area contributed by atoms with Gasteiger partial charge in [0.15, 0.2) is 0 Å². The van der Waals surface area contributed by atoms with Crippen molar-refractivity contribution in [3.63, 3.8) is 0 Å². The van der Waals surface area contributed by atoms with Crippen LogP contribution in [0.3, 0.4) is 0 Å². The molecule has 3 aromatic carbocycles. The lowest BCUT2D eigenvalue weighted by Gasteiger charge is -2.19. The van der Waals surface area contributed by atoms with E-state index in [1.165, 1.54) is 11.8 Å². The van der Waals surface area contributed by atoms with E-state index in [2.05, 4.69) is 11.4 Å². The number of para-hydroxylation sites is 2. The summed E-state index contributed by atoms with van der Waals surface area (Å²) in [7, 11) is 3.18. The summed E-state index contributed by atoms with van der Waals surface area (Å²) in [5.74, 6) is 1.63. The molecular formula is C32H31N3O4S. The zero-order valence-electron chi connectivity index (χ0n) is 22.9. The van der Waals surface area contributed by atoms with Crippen molar-refractivity contribution >= 4 is 23.4 Å². The summed E-state index contributed by atoms with van der Waals surface area (Å²) in [5, 5.41) is 13.3. The van der Waals surface area contributed by atoms with Crippen molar-refractivity contribution in [3.05, 3.63) is 84.4 Å². The number of carbonyl (C=O) groups is 1. The number of nitriles is 1. The van der Waals surface area contributed by atoms with Crippen LogP contribution in [0.25, 0.3) is 22.4 Å². The first kappa shape index (κ1) is 28.5. The number of thioether (sulfide) groups is 1. The van der Waals surface area contributed by atoms with Gasteiger partial charge < -0.3 is 19.5 Å². The lowest BCUT2D eigenvalue weighted by molar-refractivity contribution is -0.115. The maximum Gasteiger partial charge on any atom is 0.238 e. The number of hydrogen-bond donors (Lipinski definition) is 1. The molecule has 0 bridgehead atoms. The zero-order chi connectivity index (χ0) is 28.5. The first-order valence-corrected chi connectivity index (χ1v) is 13.8. The van der Waals surface area contributed by atoms with Crippen LogP contribution in [0.1, 0.15) is 25.8 Å². The minimum Gasteiger partial charge on any atom is -0.497 e. The maximum atomic E-state index is 13.5. The Morgan fingerprint density at radius 2 is 1.70 bits per heavy atom. The van der Waals surface area contributed by atoms with Gasteiger partial charge in [-0.05, 0) is 49.7 Å². The summed E-state index contributed by atoms with van der Waals surface area (Å²) in [4.78, 5) is 18.3. The molecule has 1 unspecified atom stereocenters. The minimum atomic E-state index is -0.514. The van der Waals surface area contributed by atoms with Gasteiger partial charge >= 0.3 is 0 Å². The molecule has 0 saturated carbocycles. The van der Waals surface area contributed by atoms with E-state index in [-0.39, 0.29) is 5.91 Å². The van der Waals surface area contributed by atoms with Crippen LogP contribution in [0.2, 0.25) is 0 Å². The van der Waals surface area contributed by atoms with Gasteiger partial charge in [0.1, 0.15) is 28.3 Å². The molecule has 0 fully saturated rings. The van der Waals surface area contributed by atoms with Crippen molar-refractivity contribution in [2.45, 2.75) is 30.5 Å². The van der Waals surface area contributed by atoms with Gasteiger partial charge in [-0.1, -0.05) is 61.2 Å². The van der Waals surface area contributed by atoms with E-state index in [4.69, 9.17) is 19.2 Å². The molecule has 0 aliphatic carbocycles. The molecular weight excluding hydrogens is 522 g/mol. The molecule has 1 amide bonds. The number of pyridine rings is 1. The van der Waals surface area contributed by atoms with Crippen LogP contribution in [0.4, 0.5) is 5.69 Å². The van der Waals surface area contributed by atoms with Crippen molar-refractivity contribution in [3.8, 4) is 45.7 Å². The standard InChI is InChI=1S/C32H31N3O4S/c1-5-30(31(36)34-26-14-10-11-15-29(26)39-6-2)40-32-25(20-33)23(19-27(35-32)21-12-8-7-9-13-21)24-18-22(37-3)16-17-28(24)38-4/h7-19,30H,5-6H2,1-4H3,(H,34,36). The van der Waals surface area contributed by atoms with Gasteiger partial charge in [0, 0.05) is 16.7 Å². The predicted molar refractivity (Wildman–Crippen MR) is 159 cm³/mol. The normalized spacial score (nSPS) is 11.3. The Morgan fingerprint density at radius 3 is 2.38 bits per heavy atom. The second kappa shape index (κ2) is 13.5. The van der Waals surface area contributed by atoms with Crippen LogP contribution < -0.4 is 19.5 Å². The molecule has 40 heavy (non-hydrogen) atoms. The van der Waals surface area contributed by atoms with Gasteiger partial charge in [0.05, 0.1) is 43.0 Å². The number of nitrogens with one attached hydrogen (secondary N) is 1. The topological polar surface area (TPSA) is 93.5 Å². The van der Waals surface area contributed by atoms with Crippen LogP contribution in [0.5, 0.6) is 17.2 Å². The van der Waals surface area contributed by atoms with E-state index in [1.807, 2.05) is 86.6 Å². The Balaban J connectivity index is 1.81. The number of benzene rings is 3. The lowest BCUT2D eigenvalue weighted by atomic mass is 9.98. The molecule has 0 spiro atoms. The molecule has 0 saturated heterocycles. The minimum absolute atomic E-state index is 0.198. The van der Waals surface area contributed by atoms with Gasteiger partial charge in [-0.3, -0.25) is 4.79 Å². The molecule has 7 nitrogen and oxygen atoms in total. The van der Waals surface area contributed by atoms with Gasteiger partial charge in [-0.2, -0.15) is 5.26 Å². The van der Waals surface area contributed by atoms with Crippen molar-refractivity contribution < 1.29 is 19.0 Å². The molecule has 0 radical (unpaired) electrons. The molecule has 0 aliphatic heterocycles. The largest absolute Gasteiger partial charge is 0.497 e. The van der Waals surface area contributed by atoms with E-state index in [1.54, 1.807) is 20.3 Å². The van der Waals surface area contributed by atoms with Crippen molar-refractivity contribution in [1.82, 2.24) is 4.98 Å². The Morgan fingerprint density at radius 1 is 0.950 bits per heavy atom. The third-order valence-corrected chi connectivity index (χ3v) is 7.58. The van der Waals surface area contributed by atoms with E-state index in [0.29, 0.717) is 63.4 Å². The lowest BCUT2D eigenvalue weighted by Crippen LogP contribution is -2.25. The molecule has 4 rings (SSSR count). The fraction of sp³-hybridized carbons (Fsp3) is 0.219. The third kappa shape index (κ3) is 6.38. The van der Waals surface area contributed by atoms with Crippen molar-refractivity contribution in [2.24, 2.45) is 0 Å². The van der Waals surface area contributed by atoms with E-state index in [9.17, 15) is 10.1 Å². The van der Waals surface area contributed by atoms with Crippen LogP contribution >= 0.6 is 11.8 Å². The Labute approximate surface area is 239 Å². The number of hydrogen-bond acceptors (Lipinski definition) is 7. The predicted octanol–water partition coefficient (Wildman–Crippen LogP) is 7.21. The average molecular weight is 554 g/mol. The molecule has 1 heterocycles. The summed E-state index contributed by atoms with van der Waals surface area (Å²) in [5.41, 5.74) is 3.87. The monoisotopic (exact) mass is 553 g/mol. The molecule has 204 valence electrons. The van der Waals surface area contributed by atoms with Gasteiger partial charge in [0.2, 0.25) is 5.91 Å². The molecule has 8 heteroatoms. The number of nitrogens with zero attached hydrogens (tertiary/aromatic N) is 2. The summed E-state index contributed by atoms with van der Waals surface area (Å²) in [6.45, 7) is 4.31. The summed E-state index contributed by atoms with van der Waals surface area (Å²) in [6.07, 6.45) is 0.521. The maximum absolute atomic E-state index is 13.5. The van der Waals surface area contributed by atoms with E-state index < -0.39 is 5.25 Å². The number of rotatable bonds is 11. The highest BCUT2D eigenvalue weighted by Crippen LogP contribution is 2.41. The number of anilines is 1. The fourth-order valence-electron chi connectivity index (χ4n) is 4.23.